The van der Waals surface area contributed by atoms with Gasteiger partial charge in [-0.25, -0.2) is 0 Å². The van der Waals surface area contributed by atoms with Crippen molar-refractivity contribution in [2.45, 2.75) is 6.54 Å². The van der Waals surface area contributed by atoms with Crippen molar-refractivity contribution in [3.8, 4) is 11.8 Å². The first kappa shape index (κ1) is 15.1. The molecule has 2 N–H and O–H groups in total. The molecule has 0 atom stereocenters. The summed E-state index contributed by atoms with van der Waals surface area (Å²) in [7, 11) is 0. The van der Waals surface area contributed by atoms with Crippen molar-refractivity contribution in [1.82, 2.24) is 5.32 Å². The maximum atomic E-state index is 12.2. The second-order valence-electron chi connectivity index (χ2n) is 4.32. The number of halogens is 1. The average molecular weight is 300 g/mol. The second-order valence-corrected chi connectivity index (χ2v) is 4.75. The molecule has 0 unspecified atom stereocenters. The van der Waals surface area contributed by atoms with E-state index < -0.39 is 0 Å². The van der Waals surface area contributed by atoms with E-state index >= 15 is 0 Å². The number of hydrogen-bond donors (Lipinski definition) is 2. The third-order valence-corrected chi connectivity index (χ3v) is 3.05. The predicted octanol–water partition coefficient (Wildman–Crippen LogP) is 2.61. The minimum atomic E-state index is -0.238. The molecular formula is C17H14ClNO2. The Kier molecular flexibility index (Phi) is 5.39. The third kappa shape index (κ3) is 4.35. The van der Waals surface area contributed by atoms with Gasteiger partial charge in [0.1, 0.15) is 6.61 Å². The predicted molar refractivity (Wildman–Crippen MR) is 83.0 cm³/mol. The van der Waals surface area contributed by atoms with Gasteiger partial charge in [-0.15, -0.1) is 0 Å². The number of carbonyl (C=O) groups excluding carboxylic acids is 1. The summed E-state index contributed by atoms with van der Waals surface area (Å²) in [6.45, 7) is 0.152. The Balaban J connectivity index is 2.10. The quantitative estimate of drug-likeness (QED) is 0.856. The van der Waals surface area contributed by atoms with E-state index in [0.29, 0.717) is 22.7 Å². The normalized spacial score (nSPS) is 9.62. The highest BCUT2D eigenvalue weighted by molar-refractivity contribution is 6.30. The number of hydrogen-bond acceptors (Lipinski definition) is 2. The number of nitrogens with one attached hydrogen (secondary N) is 1. The lowest BCUT2D eigenvalue weighted by Crippen LogP contribution is -2.23. The van der Waals surface area contributed by atoms with Gasteiger partial charge in [0.2, 0.25) is 0 Å². The van der Waals surface area contributed by atoms with E-state index in [4.69, 9.17) is 16.7 Å². The summed E-state index contributed by atoms with van der Waals surface area (Å²) < 4.78 is 0. The molecule has 3 nitrogen and oxygen atoms in total. The van der Waals surface area contributed by atoms with Gasteiger partial charge in [0.25, 0.3) is 5.91 Å². The molecule has 106 valence electrons. The SMILES string of the molecule is O=C(NCc1cccc(Cl)c1)c1ccccc1C#CCO. The summed E-state index contributed by atoms with van der Waals surface area (Å²) in [4.78, 5) is 12.2. The number of rotatable bonds is 3. The van der Waals surface area contributed by atoms with Gasteiger partial charge in [-0.1, -0.05) is 47.7 Å². The topological polar surface area (TPSA) is 49.3 Å². The zero-order chi connectivity index (χ0) is 15.1. The highest BCUT2D eigenvalue weighted by Crippen LogP contribution is 2.11. The molecule has 1 amide bonds. The van der Waals surface area contributed by atoms with Crippen LogP contribution in [0.3, 0.4) is 0 Å². The number of aliphatic hydroxyl groups is 1. The van der Waals surface area contributed by atoms with Crippen LogP contribution < -0.4 is 5.32 Å². The van der Waals surface area contributed by atoms with E-state index in [1.165, 1.54) is 0 Å². The number of benzene rings is 2. The zero-order valence-corrected chi connectivity index (χ0v) is 12.0. The van der Waals surface area contributed by atoms with E-state index in [2.05, 4.69) is 17.2 Å². The van der Waals surface area contributed by atoms with Crippen molar-refractivity contribution < 1.29 is 9.90 Å². The molecule has 0 radical (unpaired) electrons. The molecular weight excluding hydrogens is 286 g/mol. The van der Waals surface area contributed by atoms with Crippen LogP contribution >= 0.6 is 11.6 Å². The molecule has 0 heterocycles. The van der Waals surface area contributed by atoms with Gasteiger partial charge in [0.15, 0.2) is 0 Å². The van der Waals surface area contributed by atoms with Crippen molar-refractivity contribution in [1.29, 1.82) is 0 Å². The van der Waals surface area contributed by atoms with Gasteiger partial charge >= 0.3 is 0 Å². The Morgan fingerprint density at radius 1 is 1.19 bits per heavy atom. The monoisotopic (exact) mass is 299 g/mol. The summed E-state index contributed by atoms with van der Waals surface area (Å²) in [5.74, 6) is 5.11. The van der Waals surface area contributed by atoms with Crippen molar-refractivity contribution in [3.63, 3.8) is 0 Å². The Hall–Kier alpha value is -2.28. The van der Waals surface area contributed by atoms with Gasteiger partial charge in [-0.3, -0.25) is 4.79 Å². The third-order valence-electron chi connectivity index (χ3n) is 2.82. The molecule has 0 saturated heterocycles. The van der Waals surface area contributed by atoms with Gasteiger partial charge in [-0.2, -0.15) is 0 Å². The summed E-state index contributed by atoms with van der Waals surface area (Å²) in [5, 5.41) is 12.2. The largest absolute Gasteiger partial charge is 0.384 e. The molecule has 0 spiro atoms. The molecule has 0 saturated carbocycles. The van der Waals surface area contributed by atoms with E-state index in [1.54, 1.807) is 36.4 Å². The molecule has 0 aliphatic rings. The van der Waals surface area contributed by atoms with Crippen molar-refractivity contribution >= 4 is 17.5 Å². The molecule has 0 fully saturated rings. The fourth-order valence-corrected chi connectivity index (χ4v) is 2.06. The van der Waals surface area contributed by atoms with Crippen molar-refractivity contribution in [2.24, 2.45) is 0 Å². The lowest BCUT2D eigenvalue weighted by atomic mass is 10.1. The highest BCUT2D eigenvalue weighted by atomic mass is 35.5. The maximum Gasteiger partial charge on any atom is 0.252 e. The van der Waals surface area contributed by atoms with Crippen LogP contribution in [-0.4, -0.2) is 17.6 Å². The summed E-state index contributed by atoms with van der Waals surface area (Å²) in [5.41, 5.74) is 2.00. The van der Waals surface area contributed by atoms with Gasteiger partial charge in [-0.05, 0) is 29.8 Å². The molecule has 0 aromatic heterocycles. The Labute approximate surface area is 128 Å². The van der Waals surface area contributed by atoms with Gasteiger partial charge < -0.3 is 10.4 Å². The molecule has 21 heavy (non-hydrogen) atoms. The molecule has 0 aliphatic heterocycles. The smallest absolute Gasteiger partial charge is 0.252 e. The zero-order valence-electron chi connectivity index (χ0n) is 11.3. The Bertz CT molecular complexity index is 701. The average Bonchev–Trinajstić information content (AvgIpc) is 2.51. The molecule has 2 aromatic carbocycles. The minimum absolute atomic E-state index is 0.210. The number of carbonyl (C=O) groups is 1. The molecule has 4 heteroatoms. The fourth-order valence-electron chi connectivity index (χ4n) is 1.85. The maximum absolute atomic E-state index is 12.2. The Morgan fingerprint density at radius 2 is 2.00 bits per heavy atom. The first-order valence-corrected chi connectivity index (χ1v) is 6.80. The summed E-state index contributed by atoms with van der Waals surface area (Å²) in [6.07, 6.45) is 0. The summed E-state index contributed by atoms with van der Waals surface area (Å²) >= 11 is 5.90. The minimum Gasteiger partial charge on any atom is -0.384 e. The van der Waals surface area contributed by atoms with Gasteiger partial charge in [0, 0.05) is 17.1 Å². The number of aliphatic hydroxyl groups excluding tert-OH is 1. The van der Waals surface area contributed by atoms with E-state index in [9.17, 15) is 4.79 Å². The molecule has 2 rings (SSSR count). The standard InChI is InChI=1S/C17H14ClNO2/c18-15-8-3-5-13(11-15)12-19-17(21)16-9-2-1-6-14(16)7-4-10-20/h1-3,5-6,8-9,11,20H,10,12H2,(H,19,21). The lowest BCUT2D eigenvalue weighted by molar-refractivity contribution is 0.0950. The van der Waals surface area contributed by atoms with Crippen LogP contribution in [0.4, 0.5) is 0 Å². The highest BCUT2D eigenvalue weighted by Gasteiger charge is 2.09. The van der Waals surface area contributed by atoms with Crippen LogP contribution in [0.15, 0.2) is 48.5 Å². The first-order chi connectivity index (χ1) is 10.2. The first-order valence-electron chi connectivity index (χ1n) is 6.42. The molecule has 2 aromatic rings. The van der Waals surface area contributed by atoms with Crippen LogP contribution in [0.2, 0.25) is 5.02 Å². The molecule has 0 aliphatic carbocycles. The van der Waals surface area contributed by atoms with E-state index in [0.717, 1.165) is 5.56 Å². The number of amides is 1. The fraction of sp³-hybridized carbons (Fsp3) is 0.118. The van der Waals surface area contributed by atoms with Crippen LogP contribution in [0.1, 0.15) is 21.5 Å². The second kappa shape index (κ2) is 7.49. The van der Waals surface area contributed by atoms with Crippen molar-refractivity contribution in [2.75, 3.05) is 6.61 Å². The van der Waals surface area contributed by atoms with Crippen molar-refractivity contribution in [3.05, 3.63) is 70.2 Å². The summed E-state index contributed by atoms with van der Waals surface area (Å²) in [6, 6.07) is 14.3. The molecule has 0 bridgehead atoms. The van der Waals surface area contributed by atoms with Crippen LogP contribution in [0.25, 0.3) is 0 Å². The van der Waals surface area contributed by atoms with Crippen LogP contribution in [-0.2, 0) is 6.54 Å². The van der Waals surface area contributed by atoms with Crippen LogP contribution in [0, 0.1) is 11.8 Å². The van der Waals surface area contributed by atoms with Gasteiger partial charge in [0.05, 0.1) is 5.56 Å². The van der Waals surface area contributed by atoms with E-state index in [-0.39, 0.29) is 12.5 Å². The Morgan fingerprint density at radius 3 is 2.76 bits per heavy atom. The van der Waals surface area contributed by atoms with E-state index in [1.807, 2.05) is 12.1 Å². The van der Waals surface area contributed by atoms with Crippen LogP contribution in [0.5, 0.6) is 0 Å². The lowest BCUT2D eigenvalue weighted by Gasteiger charge is -2.07.